The van der Waals surface area contributed by atoms with Gasteiger partial charge in [0.05, 0.1) is 7.11 Å². The van der Waals surface area contributed by atoms with Gasteiger partial charge in [0.2, 0.25) is 5.78 Å². The van der Waals surface area contributed by atoms with E-state index in [1.165, 1.54) is 36.7 Å². The number of benzene rings is 3. The fourth-order valence-electron chi connectivity index (χ4n) is 3.49. The maximum absolute atomic E-state index is 13.9. The zero-order valence-corrected chi connectivity index (χ0v) is 19.2. The molecule has 1 aromatic heterocycles. The molecule has 0 N–H and O–H groups in total. The van der Waals surface area contributed by atoms with Gasteiger partial charge in [0, 0.05) is 21.7 Å². The molecule has 33 heavy (non-hydrogen) atoms. The van der Waals surface area contributed by atoms with E-state index in [0.717, 1.165) is 16.7 Å². The van der Waals surface area contributed by atoms with Crippen molar-refractivity contribution in [3.63, 3.8) is 0 Å². The van der Waals surface area contributed by atoms with Crippen LogP contribution >= 0.6 is 11.3 Å². The number of halogens is 1. The minimum Gasteiger partial charge on any atom is -0.466 e. The van der Waals surface area contributed by atoms with E-state index in [-0.39, 0.29) is 11.6 Å². The Bertz CT molecular complexity index is 1380. The van der Waals surface area contributed by atoms with Gasteiger partial charge in [-0.1, -0.05) is 35.9 Å². The number of thiophene rings is 1. The van der Waals surface area contributed by atoms with Crippen LogP contribution in [0.3, 0.4) is 0 Å². The molecule has 0 aliphatic heterocycles. The molecule has 0 saturated heterocycles. The molecule has 0 spiro atoms. The minimum atomic E-state index is -0.443. The summed E-state index contributed by atoms with van der Waals surface area (Å²) in [4.78, 5) is 25.2. The van der Waals surface area contributed by atoms with E-state index in [1.54, 1.807) is 36.4 Å². The van der Waals surface area contributed by atoms with Crippen LogP contribution in [0.15, 0.2) is 66.7 Å². The third kappa shape index (κ3) is 4.86. The number of ether oxygens (including phenoxy) is 2. The van der Waals surface area contributed by atoms with Crippen LogP contribution in [0.25, 0.3) is 16.2 Å². The lowest BCUT2D eigenvalue weighted by atomic mass is 10.0. The first-order valence-electron chi connectivity index (χ1n) is 10.2. The largest absolute Gasteiger partial charge is 0.466 e. The lowest BCUT2D eigenvalue weighted by molar-refractivity contribution is -0.134. The lowest BCUT2D eigenvalue weighted by Crippen LogP contribution is -2.03. The smallest absolute Gasteiger partial charge is 0.330 e. The summed E-state index contributed by atoms with van der Waals surface area (Å²) < 4.78 is 25.3. The number of ketones is 1. The summed E-state index contributed by atoms with van der Waals surface area (Å²) >= 11 is 1.21. The normalized spacial score (nSPS) is 11.2. The maximum Gasteiger partial charge on any atom is 0.330 e. The number of esters is 1. The highest BCUT2D eigenvalue weighted by molar-refractivity contribution is 7.21. The fraction of sp³-hybridized carbons (Fsp3) is 0.111. The lowest BCUT2D eigenvalue weighted by Gasteiger charge is -2.09. The average Bonchev–Trinajstić information content (AvgIpc) is 3.15. The standard InChI is InChI=1S/C27H21FO4S/c1-16-4-11-21(17(2)14-16)25(30)27-26(22-12-8-19(28)15-23(22)33-27)32-20-9-5-18(6-10-20)7-13-24(29)31-3/h4-15H,1-3H3/b13-7+. The van der Waals surface area contributed by atoms with Gasteiger partial charge in [0.1, 0.15) is 16.4 Å². The van der Waals surface area contributed by atoms with E-state index < -0.39 is 5.97 Å². The first-order valence-corrected chi connectivity index (χ1v) is 11.1. The monoisotopic (exact) mass is 460 g/mol. The van der Waals surface area contributed by atoms with E-state index in [0.29, 0.717) is 32.0 Å². The topological polar surface area (TPSA) is 52.6 Å². The Hall–Kier alpha value is -3.77. The number of aryl methyl sites for hydroxylation is 2. The number of hydrogen-bond donors (Lipinski definition) is 0. The Balaban J connectivity index is 1.73. The van der Waals surface area contributed by atoms with Crippen LogP contribution < -0.4 is 4.74 Å². The summed E-state index contributed by atoms with van der Waals surface area (Å²) in [5, 5.41) is 0.671. The van der Waals surface area contributed by atoms with Crippen molar-refractivity contribution < 1.29 is 23.5 Å². The van der Waals surface area contributed by atoms with E-state index >= 15 is 0 Å². The van der Waals surface area contributed by atoms with Gasteiger partial charge in [0.25, 0.3) is 0 Å². The van der Waals surface area contributed by atoms with Crippen molar-refractivity contribution in [3.8, 4) is 11.5 Å². The Morgan fingerprint density at radius 1 is 0.970 bits per heavy atom. The number of rotatable bonds is 6. The predicted molar refractivity (Wildman–Crippen MR) is 129 cm³/mol. The second-order valence-corrected chi connectivity index (χ2v) is 8.63. The summed E-state index contributed by atoms with van der Waals surface area (Å²) in [6.07, 6.45) is 2.96. The van der Waals surface area contributed by atoms with E-state index in [9.17, 15) is 14.0 Å². The summed E-state index contributed by atoms with van der Waals surface area (Å²) in [5.41, 5.74) is 3.31. The number of methoxy groups -OCH3 is 1. The van der Waals surface area contributed by atoms with E-state index in [4.69, 9.17) is 4.74 Å². The Labute approximate surface area is 194 Å². The van der Waals surface area contributed by atoms with Crippen LogP contribution in [0.5, 0.6) is 11.5 Å². The summed E-state index contributed by atoms with van der Waals surface area (Å²) in [5.74, 6) is -0.0621. The van der Waals surface area contributed by atoms with Gasteiger partial charge in [-0.25, -0.2) is 9.18 Å². The second kappa shape index (κ2) is 9.38. The molecule has 6 heteroatoms. The molecule has 0 aliphatic carbocycles. The minimum absolute atomic E-state index is 0.165. The summed E-state index contributed by atoms with van der Waals surface area (Å²) in [6, 6.07) is 17.1. The molecule has 0 bridgehead atoms. The van der Waals surface area contributed by atoms with Crippen molar-refractivity contribution in [2.45, 2.75) is 13.8 Å². The van der Waals surface area contributed by atoms with Crippen LogP contribution in [-0.4, -0.2) is 18.9 Å². The summed E-state index contributed by atoms with van der Waals surface area (Å²) in [6.45, 7) is 3.87. The van der Waals surface area contributed by atoms with Gasteiger partial charge in [-0.05, 0) is 61.4 Å². The third-order valence-corrected chi connectivity index (χ3v) is 6.28. The van der Waals surface area contributed by atoms with Crippen LogP contribution in [0, 0.1) is 19.7 Å². The van der Waals surface area contributed by atoms with Gasteiger partial charge < -0.3 is 9.47 Å². The van der Waals surface area contributed by atoms with E-state index in [1.807, 2.05) is 32.0 Å². The van der Waals surface area contributed by atoms with Gasteiger partial charge in [-0.15, -0.1) is 11.3 Å². The first-order chi connectivity index (χ1) is 15.9. The molecule has 4 nitrogen and oxygen atoms in total. The van der Waals surface area contributed by atoms with Gasteiger partial charge in [0.15, 0.2) is 5.75 Å². The molecule has 166 valence electrons. The van der Waals surface area contributed by atoms with Gasteiger partial charge in [-0.2, -0.15) is 0 Å². The number of hydrogen-bond acceptors (Lipinski definition) is 5. The van der Waals surface area contributed by atoms with Crippen LogP contribution in [-0.2, 0) is 9.53 Å². The highest BCUT2D eigenvalue weighted by atomic mass is 32.1. The van der Waals surface area contributed by atoms with Crippen molar-refractivity contribution in [1.29, 1.82) is 0 Å². The van der Waals surface area contributed by atoms with Crippen LogP contribution in [0.2, 0.25) is 0 Å². The molecular weight excluding hydrogens is 439 g/mol. The molecule has 0 saturated carbocycles. The SMILES string of the molecule is COC(=O)/C=C/c1ccc(Oc2c(C(=O)c3ccc(C)cc3C)sc3cc(F)ccc23)cc1. The molecule has 0 atom stereocenters. The molecule has 0 fully saturated rings. The highest BCUT2D eigenvalue weighted by Gasteiger charge is 2.23. The molecule has 3 aromatic carbocycles. The fourth-order valence-corrected chi connectivity index (χ4v) is 4.59. The first kappa shape index (κ1) is 22.4. The molecule has 1 heterocycles. The van der Waals surface area contributed by atoms with Crippen molar-refractivity contribution in [1.82, 2.24) is 0 Å². The van der Waals surface area contributed by atoms with Crippen LogP contribution in [0.1, 0.15) is 31.9 Å². The average molecular weight is 461 g/mol. The second-order valence-electron chi connectivity index (χ2n) is 7.58. The third-order valence-electron chi connectivity index (χ3n) is 5.15. The maximum atomic E-state index is 13.9. The number of carbonyl (C=O) groups is 2. The molecule has 0 amide bonds. The molecular formula is C27H21FO4S. The number of fused-ring (bicyclic) bond motifs is 1. The molecule has 4 rings (SSSR count). The summed E-state index contributed by atoms with van der Waals surface area (Å²) in [7, 11) is 1.32. The zero-order valence-electron chi connectivity index (χ0n) is 18.3. The molecule has 0 aliphatic rings. The highest BCUT2D eigenvalue weighted by Crippen LogP contribution is 2.42. The molecule has 4 aromatic rings. The van der Waals surface area contributed by atoms with Crippen molar-refractivity contribution in [2.24, 2.45) is 0 Å². The van der Waals surface area contributed by atoms with Crippen LogP contribution in [0.4, 0.5) is 4.39 Å². The van der Waals surface area contributed by atoms with Crippen molar-refractivity contribution in [2.75, 3.05) is 7.11 Å². The van der Waals surface area contributed by atoms with Crippen molar-refractivity contribution >= 4 is 39.3 Å². The van der Waals surface area contributed by atoms with E-state index in [2.05, 4.69) is 4.74 Å². The molecule has 0 unspecified atom stereocenters. The number of carbonyl (C=O) groups excluding carboxylic acids is 2. The quantitative estimate of drug-likeness (QED) is 0.179. The Morgan fingerprint density at radius 3 is 2.42 bits per heavy atom. The van der Waals surface area contributed by atoms with Crippen molar-refractivity contribution in [3.05, 3.63) is 99.7 Å². The van der Waals surface area contributed by atoms with Gasteiger partial charge in [-0.3, -0.25) is 4.79 Å². The Morgan fingerprint density at radius 2 is 1.73 bits per heavy atom. The zero-order chi connectivity index (χ0) is 23.5. The molecule has 0 radical (unpaired) electrons. The van der Waals surface area contributed by atoms with Gasteiger partial charge >= 0.3 is 5.97 Å². The predicted octanol–water partition coefficient (Wildman–Crippen LogP) is 6.87. The Kier molecular flexibility index (Phi) is 6.38.